The van der Waals surface area contributed by atoms with Crippen LogP contribution >= 0.6 is 0 Å². The molecule has 0 aliphatic rings. The van der Waals surface area contributed by atoms with E-state index in [-0.39, 0.29) is 0 Å². The van der Waals surface area contributed by atoms with Crippen LogP contribution in [0.4, 0.5) is 0 Å². The molecule has 0 amide bonds. The van der Waals surface area contributed by atoms with Gasteiger partial charge in [0, 0.05) is 37.5 Å². The van der Waals surface area contributed by atoms with Gasteiger partial charge in [0.05, 0.1) is 5.69 Å². The van der Waals surface area contributed by atoms with Crippen molar-refractivity contribution in [2.75, 3.05) is 13.1 Å². The largest absolute Gasteiger partial charge is 0.359 e. The Hall–Kier alpha value is -2.37. The molecule has 6 heteroatoms. The van der Waals surface area contributed by atoms with Gasteiger partial charge >= 0.3 is 0 Å². The lowest BCUT2D eigenvalue weighted by Gasteiger charge is -2.11. The summed E-state index contributed by atoms with van der Waals surface area (Å²) in [7, 11) is 0. The van der Waals surface area contributed by atoms with Crippen molar-refractivity contribution in [2.45, 2.75) is 59.4 Å². The Morgan fingerprint density at radius 1 is 1.23 bits per heavy atom. The van der Waals surface area contributed by atoms with Crippen molar-refractivity contribution in [1.82, 2.24) is 20.8 Å². The molecule has 0 unspecified atom stereocenters. The molecule has 2 aromatic rings. The Bertz CT molecular complexity index is 691. The second-order valence-corrected chi connectivity index (χ2v) is 6.41. The summed E-state index contributed by atoms with van der Waals surface area (Å²) in [4.78, 5) is 8.74. The number of nitrogens with zero attached hydrogens (tertiary/aromatic N) is 3. The van der Waals surface area contributed by atoms with E-state index in [2.05, 4.69) is 59.5 Å². The number of rotatable bonds is 9. The minimum atomic E-state index is 0.464. The summed E-state index contributed by atoms with van der Waals surface area (Å²) in [5, 5.41) is 10.8. The first-order chi connectivity index (χ1) is 12.7. The molecule has 0 spiro atoms. The van der Waals surface area contributed by atoms with Crippen molar-refractivity contribution in [3.8, 4) is 0 Å². The third-order valence-electron chi connectivity index (χ3n) is 4.54. The monoisotopic (exact) mass is 357 g/mol. The summed E-state index contributed by atoms with van der Waals surface area (Å²) >= 11 is 0. The molecule has 2 N–H and O–H groups in total. The molecule has 0 bridgehead atoms. The molecule has 0 radical (unpaired) electrons. The summed E-state index contributed by atoms with van der Waals surface area (Å²) in [6, 6.07) is 4.10. The van der Waals surface area contributed by atoms with E-state index in [1.165, 1.54) is 11.1 Å². The van der Waals surface area contributed by atoms with Crippen LogP contribution in [0.25, 0.3) is 0 Å². The van der Waals surface area contributed by atoms with E-state index < -0.39 is 0 Å². The first-order valence-electron chi connectivity index (χ1n) is 9.55. The molecule has 26 heavy (non-hydrogen) atoms. The number of hydrogen-bond acceptors (Lipinski definition) is 4. The zero-order valence-electron chi connectivity index (χ0n) is 16.4. The number of aryl methyl sites for hydroxylation is 1. The summed E-state index contributed by atoms with van der Waals surface area (Å²) in [5.74, 6) is 2.06. The third-order valence-corrected chi connectivity index (χ3v) is 4.54. The summed E-state index contributed by atoms with van der Waals surface area (Å²) in [6.07, 6.45) is 6.81. The lowest BCUT2D eigenvalue weighted by atomic mass is 9.99. The Morgan fingerprint density at radius 3 is 2.73 bits per heavy atom. The molecule has 6 nitrogen and oxygen atoms in total. The SMILES string of the molecule is CCNC(=NCc1cc(C(CC)CC)no1)NCCc1ccncc1C. The fraction of sp³-hybridized carbons (Fsp3) is 0.550. The van der Waals surface area contributed by atoms with Gasteiger partial charge in [0.1, 0.15) is 6.54 Å². The van der Waals surface area contributed by atoms with Gasteiger partial charge in [-0.3, -0.25) is 4.98 Å². The van der Waals surface area contributed by atoms with Crippen LogP contribution in [0.15, 0.2) is 34.0 Å². The van der Waals surface area contributed by atoms with Crippen molar-refractivity contribution in [3.63, 3.8) is 0 Å². The van der Waals surface area contributed by atoms with Crippen molar-refractivity contribution >= 4 is 5.96 Å². The fourth-order valence-corrected chi connectivity index (χ4v) is 2.90. The predicted octanol–water partition coefficient (Wildman–Crippen LogP) is 3.58. The second kappa shape index (κ2) is 10.6. The molecule has 0 aliphatic heterocycles. The van der Waals surface area contributed by atoms with E-state index in [1.54, 1.807) is 0 Å². The summed E-state index contributed by atoms with van der Waals surface area (Å²) in [6.45, 7) is 10.6. The zero-order valence-corrected chi connectivity index (χ0v) is 16.4. The lowest BCUT2D eigenvalue weighted by molar-refractivity contribution is 0.372. The molecule has 2 rings (SSSR count). The number of hydrogen-bond donors (Lipinski definition) is 2. The maximum Gasteiger partial charge on any atom is 0.191 e. The minimum absolute atomic E-state index is 0.464. The third kappa shape index (κ3) is 5.86. The van der Waals surface area contributed by atoms with Gasteiger partial charge in [0.25, 0.3) is 0 Å². The van der Waals surface area contributed by atoms with E-state index in [4.69, 9.17) is 4.52 Å². The van der Waals surface area contributed by atoms with Crippen molar-refractivity contribution in [3.05, 3.63) is 47.1 Å². The molecule has 0 aliphatic carbocycles. The first kappa shape index (κ1) is 19.9. The van der Waals surface area contributed by atoms with Gasteiger partial charge in [-0.2, -0.15) is 0 Å². The van der Waals surface area contributed by atoms with Crippen molar-refractivity contribution in [2.24, 2.45) is 4.99 Å². The van der Waals surface area contributed by atoms with Crippen LogP contribution in [0, 0.1) is 6.92 Å². The van der Waals surface area contributed by atoms with Crippen LogP contribution in [0.2, 0.25) is 0 Å². The van der Waals surface area contributed by atoms with Gasteiger partial charge in [0.2, 0.25) is 0 Å². The number of aromatic nitrogens is 2. The molecule has 0 atom stereocenters. The molecule has 0 aromatic carbocycles. The second-order valence-electron chi connectivity index (χ2n) is 6.41. The van der Waals surface area contributed by atoms with E-state index in [9.17, 15) is 0 Å². The molecule has 2 heterocycles. The van der Waals surface area contributed by atoms with Crippen molar-refractivity contribution in [1.29, 1.82) is 0 Å². The normalized spacial score (nSPS) is 11.8. The molecule has 0 fully saturated rings. The average Bonchev–Trinajstić information content (AvgIpc) is 3.11. The summed E-state index contributed by atoms with van der Waals surface area (Å²) < 4.78 is 5.45. The van der Waals surface area contributed by atoms with Crippen LogP contribution in [-0.4, -0.2) is 29.2 Å². The van der Waals surface area contributed by atoms with Gasteiger partial charge < -0.3 is 15.2 Å². The van der Waals surface area contributed by atoms with E-state index in [0.717, 1.165) is 49.8 Å². The van der Waals surface area contributed by atoms with Crippen LogP contribution in [0.3, 0.4) is 0 Å². The van der Waals surface area contributed by atoms with Crippen molar-refractivity contribution < 1.29 is 4.52 Å². The number of guanidine groups is 1. The van der Waals surface area contributed by atoms with Gasteiger partial charge in [-0.25, -0.2) is 4.99 Å². The standard InChI is InChI=1S/C20H31N5O/c1-5-16(6-2)19-12-18(26-25-19)14-24-20(22-7-3)23-11-9-17-8-10-21-13-15(17)4/h8,10,12-13,16H,5-7,9,11,14H2,1-4H3,(H2,22,23,24). The number of nitrogens with one attached hydrogen (secondary N) is 2. The predicted molar refractivity (Wildman–Crippen MR) is 105 cm³/mol. The Kier molecular flexibility index (Phi) is 8.12. The van der Waals surface area contributed by atoms with E-state index >= 15 is 0 Å². The highest BCUT2D eigenvalue weighted by molar-refractivity contribution is 5.79. The van der Waals surface area contributed by atoms with Crippen LogP contribution < -0.4 is 10.6 Å². The Morgan fingerprint density at radius 2 is 2.04 bits per heavy atom. The topological polar surface area (TPSA) is 75.3 Å². The quantitative estimate of drug-likeness (QED) is 0.530. The smallest absolute Gasteiger partial charge is 0.191 e. The maximum absolute atomic E-state index is 5.45. The highest BCUT2D eigenvalue weighted by atomic mass is 16.5. The van der Waals surface area contributed by atoms with Gasteiger partial charge in [-0.05, 0) is 50.3 Å². The van der Waals surface area contributed by atoms with E-state index in [0.29, 0.717) is 12.5 Å². The van der Waals surface area contributed by atoms with Crippen LogP contribution in [0.5, 0.6) is 0 Å². The zero-order chi connectivity index (χ0) is 18.8. The molecule has 0 saturated heterocycles. The first-order valence-corrected chi connectivity index (χ1v) is 9.55. The highest BCUT2D eigenvalue weighted by Gasteiger charge is 2.12. The average molecular weight is 358 g/mol. The van der Waals surface area contributed by atoms with E-state index in [1.807, 2.05) is 18.5 Å². The highest BCUT2D eigenvalue weighted by Crippen LogP contribution is 2.22. The van der Waals surface area contributed by atoms with Gasteiger partial charge in [0.15, 0.2) is 11.7 Å². The lowest BCUT2D eigenvalue weighted by Crippen LogP contribution is -2.38. The molecule has 2 aromatic heterocycles. The molecule has 0 saturated carbocycles. The summed E-state index contributed by atoms with van der Waals surface area (Å²) in [5.41, 5.74) is 3.55. The van der Waals surface area contributed by atoms with Gasteiger partial charge in [-0.1, -0.05) is 19.0 Å². The molecular formula is C20H31N5O. The molecular weight excluding hydrogens is 326 g/mol. The van der Waals surface area contributed by atoms with Crippen LogP contribution in [0.1, 0.15) is 62.1 Å². The number of pyridine rings is 1. The van der Waals surface area contributed by atoms with Gasteiger partial charge in [-0.15, -0.1) is 0 Å². The van der Waals surface area contributed by atoms with Crippen LogP contribution in [-0.2, 0) is 13.0 Å². The molecule has 142 valence electrons. The fourth-order valence-electron chi connectivity index (χ4n) is 2.90. The maximum atomic E-state index is 5.45. The Balaban J connectivity index is 1.91. The number of aliphatic imine (C=N–C) groups is 1. The Labute approximate surface area is 156 Å². The minimum Gasteiger partial charge on any atom is -0.359 e.